The van der Waals surface area contributed by atoms with Crippen molar-refractivity contribution in [1.82, 2.24) is 0 Å². The van der Waals surface area contributed by atoms with Crippen LogP contribution in [0.5, 0.6) is 0 Å². The second-order valence-electron chi connectivity index (χ2n) is 4.23. The summed E-state index contributed by atoms with van der Waals surface area (Å²) in [5.41, 5.74) is 0.244. The van der Waals surface area contributed by atoms with Crippen molar-refractivity contribution in [3.63, 3.8) is 0 Å². The molecule has 0 aliphatic carbocycles. The van der Waals surface area contributed by atoms with E-state index in [1.54, 1.807) is 0 Å². The van der Waals surface area contributed by atoms with Gasteiger partial charge in [-0.1, -0.05) is 6.07 Å². The molecule has 7 heteroatoms. The predicted octanol–water partition coefficient (Wildman–Crippen LogP) is 2.41. The van der Waals surface area contributed by atoms with Crippen molar-refractivity contribution in [3.05, 3.63) is 59.7 Å². The Morgan fingerprint density at radius 2 is 1.73 bits per heavy atom. The van der Waals surface area contributed by atoms with Gasteiger partial charge in [0, 0.05) is 11.8 Å². The molecule has 22 heavy (non-hydrogen) atoms. The van der Waals surface area contributed by atoms with E-state index >= 15 is 0 Å². The van der Waals surface area contributed by atoms with Crippen molar-refractivity contribution in [2.24, 2.45) is 0 Å². The van der Waals surface area contributed by atoms with Crippen molar-refractivity contribution < 1.29 is 18.4 Å². The zero-order chi connectivity index (χ0) is 16.1. The van der Waals surface area contributed by atoms with Gasteiger partial charge in [-0.25, -0.2) is 8.78 Å². The molecule has 110 valence electrons. The van der Waals surface area contributed by atoms with Gasteiger partial charge in [-0.3, -0.25) is 9.59 Å². The van der Waals surface area contributed by atoms with Crippen LogP contribution in [0.1, 0.15) is 5.56 Å². The maximum Gasteiger partial charge on any atom is 0.314 e. The number of nitriles is 1. The van der Waals surface area contributed by atoms with Gasteiger partial charge in [-0.15, -0.1) is 0 Å². The van der Waals surface area contributed by atoms with Gasteiger partial charge in [0.2, 0.25) is 0 Å². The summed E-state index contributed by atoms with van der Waals surface area (Å²) in [6.45, 7) is 0. The van der Waals surface area contributed by atoms with Crippen LogP contribution in [0.2, 0.25) is 0 Å². The van der Waals surface area contributed by atoms with E-state index in [9.17, 15) is 18.4 Å². The lowest BCUT2D eigenvalue weighted by molar-refractivity contribution is -0.133. The average Bonchev–Trinajstić information content (AvgIpc) is 2.50. The molecule has 0 heterocycles. The summed E-state index contributed by atoms with van der Waals surface area (Å²) in [4.78, 5) is 23.4. The van der Waals surface area contributed by atoms with E-state index < -0.39 is 23.4 Å². The van der Waals surface area contributed by atoms with Gasteiger partial charge in [-0.05, 0) is 30.3 Å². The largest absolute Gasteiger partial charge is 0.318 e. The normalized spacial score (nSPS) is 9.68. The zero-order valence-corrected chi connectivity index (χ0v) is 11.1. The molecule has 0 aliphatic rings. The van der Waals surface area contributed by atoms with E-state index in [-0.39, 0.29) is 11.4 Å². The Labute approximate surface area is 124 Å². The van der Waals surface area contributed by atoms with E-state index in [2.05, 4.69) is 5.32 Å². The third-order valence-electron chi connectivity index (χ3n) is 2.64. The molecule has 0 bridgehead atoms. The molecule has 2 aromatic rings. The average molecular weight is 301 g/mol. The lowest BCUT2D eigenvalue weighted by atomic mass is 10.2. The molecule has 2 N–H and O–H groups in total. The number of rotatable bonds is 2. The Morgan fingerprint density at radius 3 is 2.41 bits per heavy atom. The summed E-state index contributed by atoms with van der Waals surface area (Å²) in [6.07, 6.45) is 0. The minimum atomic E-state index is -1.12. The van der Waals surface area contributed by atoms with Crippen molar-refractivity contribution >= 4 is 23.2 Å². The molecule has 0 spiro atoms. The first-order chi connectivity index (χ1) is 10.5. The Morgan fingerprint density at radius 1 is 1.00 bits per heavy atom. The fraction of sp³-hybridized carbons (Fsp3) is 0. The third-order valence-corrected chi connectivity index (χ3v) is 2.64. The topological polar surface area (TPSA) is 82.0 Å². The lowest BCUT2D eigenvalue weighted by Gasteiger charge is -2.07. The zero-order valence-electron chi connectivity index (χ0n) is 11.1. The number of hydrogen-bond donors (Lipinski definition) is 2. The Kier molecular flexibility index (Phi) is 4.44. The molecule has 0 atom stereocenters. The van der Waals surface area contributed by atoms with Gasteiger partial charge in [0.1, 0.15) is 11.6 Å². The van der Waals surface area contributed by atoms with Gasteiger partial charge in [0.05, 0.1) is 17.3 Å². The first-order valence-electron chi connectivity index (χ1n) is 6.07. The van der Waals surface area contributed by atoms with E-state index in [4.69, 9.17) is 5.26 Å². The van der Waals surface area contributed by atoms with Crippen LogP contribution in [0, 0.1) is 23.0 Å². The van der Waals surface area contributed by atoms with Crippen LogP contribution in [0.3, 0.4) is 0 Å². The SMILES string of the molecule is N#Cc1cccc(NC(=O)C(=O)Nc2ccc(F)cc2F)c1. The highest BCUT2D eigenvalue weighted by molar-refractivity contribution is 6.43. The molecule has 0 radical (unpaired) electrons. The molecule has 2 rings (SSSR count). The van der Waals surface area contributed by atoms with E-state index in [0.29, 0.717) is 11.6 Å². The van der Waals surface area contributed by atoms with Crippen LogP contribution in [0.4, 0.5) is 20.2 Å². The van der Waals surface area contributed by atoms with Crippen molar-refractivity contribution in [2.45, 2.75) is 0 Å². The highest BCUT2D eigenvalue weighted by Crippen LogP contribution is 2.15. The Bertz CT molecular complexity index is 785. The molecule has 5 nitrogen and oxygen atoms in total. The number of amides is 2. The number of nitrogens with zero attached hydrogens (tertiary/aromatic N) is 1. The van der Waals surface area contributed by atoms with Crippen LogP contribution in [-0.4, -0.2) is 11.8 Å². The number of hydrogen-bond acceptors (Lipinski definition) is 3. The van der Waals surface area contributed by atoms with Gasteiger partial charge < -0.3 is 10.6 Å². The Balaban J connectivity index is 2.06. The van der Waals surface area contributed by atoms with Crippen molar-refractivity contribution in [2.75, 3.05) is 10.6 Å². The monoisotopic (exact) mass is 301 g/mol. The molecule has 0 aromatic heterocycles. The maximum atomic E-state index is 13.4. The second-order valence-corrected chi connectivity index (χ2v) is 4.23. The van der Waals surface area contributed by atoms with Crippen LogP contribution >= 0.6 is 0 Å². The molecule has 0 saturated carbocycles. The van der Waals surface area contributed by atoms with Gasteiger partial charge in [-0.2, -0.15) is 5.26 Å². The van der Waals surface area contributed by atoms with Gasteiger partial charge in [0.15, 0.2) is 0 Å². The number of carbonyl (C=O) groups is 2. The van der Waals surface area contributed by atoms with E-state index in [0.717, 1.165) is 12.1 Å². The summed E-state index contributed by atoms with van der Waals surface area (Å²) < 4.78 is 26.1. The quantitative estimate of drug-likeness (QED) is 0.836. The van der Waals surface area contributed by atoms with Gasteiger partial charge in [0.25, 0.3) is 0 Å². The maximum absolute atomic E-state index is 13.4. The summed E-state index contributed by atoms with van der Waals surface area (Å²) in [7, 11) is 0. The summed E-state index contributed by atoms with van der Waals surface area (Å²) in [6, 6.07) is 10.4. The fourth-order valence-electron chi connectivity index (χ4n) is 1.62. The first-order valence-corrected chi connectivity index (χ1v) is 6.07. The minimum Gasteiger partial charge on any atom is -0.318 e. The third kappa shape index (κ3) is 3.64. The number of benzene rings is 2. The number of carbonyl (C=O) groups excluding carboxylic acids is 2. The Hall–Kier alpha value is -3.27. The van der Waals surface area contributed by atoms with Crippen LogP contribution in [-0.2, 0) is 9.59 Å². The summed E-state index contributed by atoms with van der Waals surface area (Å²) in [5, 5.41) is 13.0. The minimum absolute atomic E-state index is 0.249. The summed E-state index contributed by atoms with van der Waals surface area (Å²) in [5.74, 6) is -3.95. The smallest absolute Gasteiger partial charge is 0.314 e. The predicted molar refractivity (Wildman–Crippen MR) is 74.8 cm³/mol. The molecule has 0 fully saturated rings. The highest BCUT2D eigenvalue weighted by atomic mass is 19.1. The van der Waals surface area contributed by atoms with Crippen molar-refractivity contribution in [1.29, 1.82) is 5.26 Å². The van der Waals surface area contributed by atoms with E-state index in [1.165, 1.54) is 24.3 Å². The first kappa shape index (κ1) is 15.1. The van der Waals surface area contributed by atoms with Crippen LogP contribution < -0.4 is 10.6 Å². The number of nitrogens with one attached hydrogen (secondary N) is 2. The highest BCUT2D eigenvalue weighted by Gasteiger charge is 2.16. The molecular formula is C15H9F2N3O2. The number of halogens is 2. The molecule has 2 aromatic carbocycles. The molecule has 2 amide bonds. The van der Waals surface area contributed by atoms with E-state index in [1.807, 2.05) is 11.4 Å². The molecule has 0 saturated heterocycles. The second kappa shape index (κ2) is 6.45. The molecule has 0 unspecified atom stereocenters. The van der Waals surface area contributed by atoms with Gasteiger partial charge >= 0.3 is 11.8 Å². The van der Waals surface area contributed by atoms with Crippen molar-refractivity contribution in [3.8, 4) is 6.07 Å². The fourth-order valence-corrected chi connectivity index (χ4v) is 1.62. The lowest BCUT2D eigenvalue weighted by Crippen LogP contribution is -2.29. The molecule has 0 aliphatic heterocycles. The summed E-state index contributed by atoms with van der Waals surface area (Å²) >= 11 is 0. The standard InChI is InChI=1S/C15H9F2N3O2/c16-10-4-5-13(12(17)7-10)20-15(22)14(21)19-11-3-1-2-9(6-11)8-18/h1-7H,(H,19,21)(H,20,22). The van der Waals surface area contributed by atoms with Crippen LogP contribution in [0.25, 0.3) is 0 Å². The van der Waals surface area contributed by atoms with Crippen LogP contribution in [0.15, 0.2) is 42.5 Å². The molecular weight excluding hydrogens is 292 g/mol. The number of anilines is 2.